The third kappa shape index (κ3) is 2.89. The molecule has 0 saturated carbocycles. The number of hydrogen-bond donors (Lipinski definition) is 0. The number of ether oxygens (including phenoxy) is 1. The Hall–Kier alpha value is -1.39. The van der Waals surface area contributed by atoms with Gasteiger partial charge in [0.15, 0.2) is 0 Å². The lowest BCUT2D eigenvalue weighted by Gasteiger charge is -2.34. The van der Waals surface area contributed by atoms with Gasteiger partial charge in [0.25, 0.3) is 0 Å². The van der Waals surface area contributed by atoms with E-state index in [9.17, 15) is 4.79 Å². The molecule has 2 fully saturated rings. The molecule has 1 aromatic rings. The monoisotopic (exact) mass is 342 g/mol. The van der Waals surface area contributed by atoms with E-state index in [2.05, 4.69) is 55.0 Å². The summed E-state index contributed by atoms with van der Waals surface area (Å²) in [5.41, 5.74) is 2.94. The van der Waals surface area contributed by atoms with Crippen LogP contribution in [0.4, 0.5) is 0 Å². The Morgan fingerprint density at radius 3 is 2.52 bits per heavy atom. The first-order valence-electron chi connectivity index (χ1n) is 9.75. The first-order chi connectivity index (χ1) is 12.1. The molecule has 0 radical (unpaired) electrons. The molecule has 2 heterocycles. The van der Waals surface area contributed by atoms with Gasteiger partial charge < -0.3 is 9.64 Å². The molecule has 4 rings (SSSR count). The van der Waals surface area contributed by atoms with Crippen LogP contribution >= 0.6 is 0 Å². The van der Waals surface area contributed by atoms with E-state index in [1.807, 2.05) is 0 Å². The molecule has 4 nitrogen and oxygen atoms in total. The lowest BCUT2D eigenvalue weighted by molar-refractivity contribution is -0.137. The largest absolute Gasteiger partial charge is 0.381 e. The fourth-order valence-corrected chi connectivity index (χ4v) is 5.05. The quantitative estimate of drug-likeness (QED) is 0.846. The topological polar surface area (TPSA) is 32.8 Å². The van der Waals surface area contributed by atoms with E-state index in [0.717, 1.165) is 39.1 Å². The highest BCUT2D eigenvalue weighted by molar-refractivity contribution is 5.79. The number of amides is 1. The van der Waals surface area contributed by atoms with Gasteiger partial charge in [0, 0.05) is 56.1 Å². The van der Waals surface area contributed by atoms with E-state index in [4.69, 9.17) is 4.74 Å². The Balaban J connectivity index is 1.58. The summed E-state index contributed by atoms with van der Waals surface area (Å²) in [7, 11) is 2.23. The van der Waals surface area contributed by atoms with Gasteiger partial charge in [-0.15, -0.1) is 0 Å². The van der Waals surface area contributed by atoms with E-state index >= 15 is 0 Å². The summed E-state index contributed by atoms with van der Waals surface area (Å²) in [6, 6.07) is 9.80. The zero-order valence-corrected chi connectivity index (χ0v) is 15.6. The van der Waals surface area contributed by atoms with Crippen molar-refractivity contribution in [3.8, 4) is 0 Å². The normalized spacial score (nSPS) is 29.3. The second-order valence-electron chi connectivity index (χ2n) is 8.23. The molecular formula is C21H30N2O2. The summed E-state index contributed by atoms with van der Waals surface area (Å²) in [6.45, 7) is 7.78. The zero-order chi connectivity index (χ0) is 17.6. The molecule has 3 aliphatic rings. The molecule has 1 amide bonds. The molecule has 2 aliphatic heterocycles. The first-order valence-corrected chi connectivity index (χ1v) is 9.75. The van der Waals surface area contributed by atoms with Crippen molar-refractivity contribution in [1.82, 2.24) is 9.80 Å². The lowest BCUT2D eigenvalue weighted by atomic mass is 9.93. The van der Waals surface area contributed by atoms with Crippen molar-refractivity contribution in [2.75, 3.05) is 33.4 Å². The predicted octanol–water partition coefficient (Wildman–Crippen LogP) is 3.05. The van der Waals surface area contributed by atoms with Crippen LogP contribution in [-0.2, 0) is 9.53 Å². The molecule has 1 aromatic carbocycles. The Bertz CT molecular complexity index is 639. The summed E-state index contributed by atoms with van der Waals surface area (Å²) < 4.78 is 5.43. The number of carbonyl (C=O) groups excluding carboxylic acids is 1. The summed E-state index contributed by atoms with van der Waals surface area (Å²) in [6.07, 6.45) is 1.77. The molecule has 0 aromatic heterocycles. The van der Waals surface area contributed by atoms with Gasteiger partial charge in [-0.25, -0.2) is 0 Å². The average Bonchev–Trinajstić information content (AvgIpc) is 3.18. The van der Waals surface area contributed by atoms with Crippen molar-refractivity contribution in [2.24, 2.45) is 11.8 Å². The smallest absolute Gasteiger partial charge is 0.225 e. The van der Waals surface area contributed by atoms with Crippen molar-refractivity contribution < 1.29 is 9.53 Å². The third-order valence-corrected chi connectivity index (χ3v) is 6.62. The van der Waals surface area contributed by atoms with Gasteiger partial charge >= 0.3 is 0 Å². The molecule has 3 atom stereocenters. The van der Waals surface area contributed by atoms with Crippen molar-refractivity contribution in [3.05, 3.63) is 35.4 Å². The fraction of sp³-hybridized carbons (Fsp3) is 0.667. The Morgan fingerprint density at radius 1 is 1.16 bits per heavy atom. The molecule has 0 bridgehead atoms. The maximum atomic E-state index is 13.0. The van der Waals surface area contributed by atoms with Crippen LogP contribution in [0.15, 0.2) is 24.3 Å². The average molecular weight is 342 g/mol. The zero-order valence-electron chi connectivity index (χ0n) is 15.6. The van der Waals surface area contributed by atoms with E-state index in [0.29, 0.717) is 29.8 Å². The summed E-state index contributed by atoms with van der Waals surface area (Å²) in [4.78, 5) is 17.7. The second kappa shape index (κ2) is 6.73. The van der Waals surface area contributed by atoms with Gasteiger partial charge in [-0.05, 0) is 44.9 Å². The first kappa shape index (κ1) is 17.0. The van der Waals surface area contributed by atoms with Crippen molar-refractivity contribution >= 4 is 5.91 Å². The third-order valence-electron chi connectivity index (χ3n) is 6.62. The summed E-state index contributed by atoms with van der Waals surface area (Å²) >= 11 is 0. The van der Waals surface area contributed by atoms with Crippen molar-refractivity contribution in [3.63, 3.8) is 0 Å². The highest BCUT2D eigenvalue weighted by atomic mass is 16.5. The van der Waals surface area contributed by atoms with Crippen LogP contribution in [0, 0.1) is 11.8 Å². The summed E-state index contributed by atoms with van der Waals surface area (Å²) in [5, 5.41) is 0. The minimum absolute atomic E-state index is 0.170. The molecule has 25 heavy (non-hydrogen) atoms. The van der Waals surface area contributed by atoms with Crippen LogP contribution in [0.5, 0.6) is 0 Å². The maximum absolute atomic E-state index is 13.0. The number of nitrogens with zero attached hydrogens (tertiary/aromatic N) is 2. The fourth-order valence-electron chi connectivity index (χ4n) is 5.05. The standard InChI is InChI=1S/C21H30N2O2/c1-14(2)22(3)20-17-7-5-4-6-16(17)18-12-23(13-19(18)20)21(24)15-8-10-25-11-9-15/h4-7,14-15,18-20H,8-13H2,1-3H3/t18-,19-,20-/m0/s1. The maximum Gasteiger partial charge on any atom is 0.225 e. The highest BCUT2D eigenvalue weighted by Gasteiger charge is 2.49. The van der Waals surface area contributed by atoms with Gasteiger partial charge in [-0.3, -0.25) is 9.69 Å². The van der Waals surface area contributed by atoms with E-state index in [1.54, 1.807) is 0 Å². The predicted molar refractivity (Wildman–Crippen MR) is 98.4 cm³/mol. The van der Waals surface area contributed by atoms with Crippen LogP contribution in [0.3, 0.4) is 0 Å². The van der Waals surface area contributed by atoms with E-state index in [1.165, 1.54) is 11.1 Å². The van der Waals surface area contributed by atoms with Crippen LogP contribution in [0.1, 0.15) is 49.8 Å². The Kier molecular flexibility index (Phi) is 4.59. The van der Waals surface area contributed by atoms with E-state index < -0.39 is 0 Å². The molecule has 4 heteroatoms. The Labute approximate surface area is 151 Å². The number of benzene rings is 1. The molecule has 2 saturated heterocycles. The Morgan fingerprint density at radius 2 is 1.84 bits per heavy atom. The minimum Gasteiger partial charge on any atom is -0.381 e. The van der Waals surface area contributed by atoms with Crippen molar-refractivity contribution in [2.45, 2.75) is 44.7 Å². The van der Waals surface area contributed by atoms with Gasteiger partial charge in [0.05, 0.1) is 0 Å². The van der Waals surface area contributed by atoms with Gasteiger partial charge in [0.2, 0.25) is 5.91 Å². The number of fused-ring (bicyclic) bond motifs is 3. The molecule has 0 N–H and O–H groups in total. The van der Waals surface area contributed by atoms with Crippen molar-refractivity contribution in [1.29, 1.82) is 0 Å². The van der Waals surface area contributed by atoms with Gasteiger partial charge in [-0.1, -0.05) is 24.3 Å². The number of hydrogen-bond acceptors (Lipinski definition) is 3. The van der Waals surface area contributed by atoms with Crippen LogP contribution in [-0.4, -0.2) is 55.1 Å². The van der Waals surface area contributed by atoms with Crippen LogP contribution in [0.25, 0.3) is 0 Å². The van der Waals surface area contributed by atoms with Gasteiger partial charge in [0.1, 0.15) is 0 Å². The van der Waals surface area contributed by atoms with Crippen LogP contribution < -0.4 is 0 Å². The minimum atomic E-state index is 0.170. The molecule has 1 aliphatic carbocycles. The molecule has 136 valence electrons. The molecule has 0 spiro atoms. The highest BCUT2D eigenvalue weighted by Crippen LogP contribution is 2.52. The van der Waals surface area contributed by atoms with Gasteiger partial charge in [-0.2, -0.15) is 0 Å². The number of carbonyl (C=O) groups is 1. The van der Waals surface area contributed by atoms with Crippen LogP contribution in [0.2, 0.25) is 0 Å². The lowest BCUT2D eigenvalue weighted by Crippen LogP contribution is -2.39. The number of likely N-dealkylation sites (tertiary alicyclic amines) is 1. The summed E-state index contributed by atoms with van der Waals surface area (Å²) in [5.74, 6) is 1.55. The van der Waals surface area contributed by atoms with E-state index in [-0.39, 0.29) is 5.92 Å². The second-order valence-corrected chi connectivity index (χ2v) is 8.23. The molecular weight excluding hydrogens is 312 g/mol. The SMILES string of the molecule is CC(C)N(C)[C@H]1c2ccccc2[C@@H]2CN(C(=O)C3CCOCC3)C[C@@H]21. The number of rotatable bonds is 3. The molecule has 0 unspecified atom stereocenters.